The molecular weight excluding hydrogens is 344 g/mol. The molecule has 0 bridgehead atoms. The summed E-state index contributed by atoms with van der Waals surface area (Å²) < 4.78 is 9.33. The van der Waals surface area contributed by atoms with Crippen LogP contribution in [0.15, 0.2) is 48.5 Å². The van der Waals surface area contributed by atoms with E-state index >= 15 is 0 Å². The maximum absolute atomic E-state index is 10.4. The fourth-order valence-corrected chi connectivity index (χ4v) is 1.54. The fourth-order valence-electron chi connectivity index (χ4n) is 1.54. The van der Waals surface area contributed by atoms with Gasteiger partial charge in [-0.25, -0.2) is 0 Å². The molecule has 0 atom stereocenters. The Hall–Kier alpha value is -3.02. The van der Waals surface area contributed by atoms with Gasteiger partial charge in [-0.1, -0.05) is 52.0 Å². The minimum atomic E-state index is -0.271. The lowest BCUT2D eigenvalue weighted by Crippen LogP contribution is -1.98. The number of hydrogen-bond donors (Lipinski definition) is 2. The van der Waals surface area contributed by atoms with Gasteiger partial charge in [-0.3, -0.25) is 9.59 Å². The molecule has 4 N–H and O–H groups in total. The highest BCUT2D eigenvalue weighted by atomic mass is 16.5. The van der Waals surface area contributed by atoms with Gasteiger partial charge in [0.2, 0.25) is 0 Å². The topological polar surface area (TPSA) is 105 Å². The van der Waals surface area contributed by atoms with Crippen molar-refractivity contribution in [3.05, 3.63) is 59.7 Å². The lowest BCUT2D eigenvalue weighted by molar-refractivity contribution is -0.142. The van der Waals surface area contributed by atoms with Gasteiger partial charge in [0.05, 0.1) is 0 Å². The number of nitrogen functional groups attached to an aromatic ring is 2. The number of carbonyl (C=O) groups is 2. The Balaban J connectivity index is 0. The minimum absolute atomic E-state index is 0.271. The number of anilines is 2. The quantitative estimate of drug-likeness (QED) is 0.457. The summed E-state index contributed by atoms with van der Waals surface area (Å²) in [6.45, 7) is 10.4. The van der Waals surface area contributed by atoms with Gasteiger partial charge in [-0.2, -0.15) is 0 Å². The summed E-state index contributed by atoms with van der Waals surface area (Å²) in [5, 5.41) is 0. The van der Waals surface area contributed by atoms with Gasteiger partial charge in [0.25, 0.3) is 6.47 Å². The average molecular weight is 376 g/mol. The Morgan fingerprint density at radius 2 is 1.19 bits per heavy atom. The normalized spacial score (nSPS) is 8.33. The summed E-state index contributed by atoms with van der Waals surface area (Å²) in [4.78, 5) is 20.2. The van der Waals surface area contributed by atoms with Crippen LogP contribution in [0.3, 0.4) is 0 Å². The summed E-state index contributed by atoms with van der Waals surface area (Å²) in [5.74, 6) is -0.271. The smallest absolute Gasteiger partial charge is 0.302 e. The van der Waals surface area contributed by atoms with Gasteiger partial charge in [-0.05, 0) is 35.4 Å². The second-order valence-electron chi connectivity index (χ2n) is 4.67. The van der Waals surface area contributed by atoms with E-state index in [1.54, 1.807) is 24.3 Å². The maximum atomic E-state index is 10.4. The second-order valence-corrected chi connectivity index (χ2v) is 4.67. The molecule has 27 heavy (non-hydrogen) atoms. The molecule has 0 radical (unpaired) electrons. The van der Waals surface area contributed by atoms with Crippen molar-refractivity contribution in [1.29, 1.82) is 0 Å². The van der Waals surface area contributed by atoms with Crippen molar-refractivity contribution in [1.82, 2.24) is 0 Å². The Labute approximate surface area is 162 Å². The number of nitrogens with two attached hydrogens (primary N) is 2. The Kier molecular flexibility index (Phi) is 17.3. The van der Waals surface area contributed by atoms with Crippen LogP contribution in [0.2, 0.25) is 0 Å². The largest absolute Gasteiger partial charge is 0.463 e. The molecule has 0 saturated carbocycles. The van der Waals surface area contributed by atoms with Gasteiger partial charge >= 0.3 is 5.97 Å². The molecule has 2 aromatic carbocycles. The SMILES string of the molecule is CC.CC.CC(=O)OCc1ccc(N)cc1.Nc1ccc(COC=O)cc1. The van der Waals surface area contributed by atoms with Crippen LogP contribution in [0.25, 0.3) is 0 Å². The summed E-state index contributed by atoms with van der Waals surface area (Å²) in [7, 11) is 0. The molecular formula is C21H32N2O4. The molecule has 0 aliphatic rings. The molecule has 2 aromatic rings. The molecule has 0 aromatic heterocycles. The van der Waals surface area contributed by atoms with E-state index in [-0.39, 0.29) is 5.97 Å². The molecule has 0 spiro atoms. The van der Waals surface area contributed by atoms with E-state index in [1.165, 1.54) is 6.92 Å². The number of carbonyl (C=O) groups excluding carboxylic acids is 2. The molecule has 0 aliphatic heterocycles. The van der Waals surface area contributed by atoms with Gasteiger partial charge in [-0.15, -0.1) is 0 Å². The first-order valence-electron chi connectivity index (χ1n) is 8.88. The second kappa shape index (κ2) is 17.8. The molecule has 0 heterocycles. The average Bonchev–Trinajstić information content (AvgIpc) is 2.71. The van der Waals surface area contributed by atoms with Crippen molar-refractivity contribution in [3.63, 3.8) is 0 Å². The van der Waals surface area contributed by atoms with Crippen LogP contribution in [0, 0.1) is 0 Å². The van der Waals surface area contributed by atoms with Crippen molar-refractivity contribution in [2.24, 2.45) is 0 Å². The van der Waals surface area contributed by atoms with Crippen molar-refractivity contribution in [2.75, 3.05) is 11.5 Å². The summed E-state index contributed by atoms with van der Waals surface area (Å²) in [6.07, 6.45) is 0. The number of esters is 1. The van der Waals surface area contributed by atoms with E-state index in [0.29, 0.717) is 31.1 Å². The number of rotatable bonds is 5. The standard InChI is InChI=1S/C9H11NO2.C8H9NO2.2C2H6/c1-7(11)12-6-8-2-4-9(10)5-3-8;9-8-3-1-7(2-4-8)5-11-6-10;2*1-2/h2-5H,6,10H2,1H3;1-4,6H,5,9H2;2*1-2H3. The van der Waals surface area contributed by atoms with Crippen molar-refractivity contribution >= 4 is 23.8 Å². The summed E-state index contributed by atoms with van der Waals surface area (Å²) in [6, 6.07) is 14.4. The maximum Gasteiger partial charge on any atom is 0.302 e. The predicted molar refractivity (Wildman–Crippen MR) is 111 cm³/mol. The van der Waals surface area contributed by atoms with Crippen molar-refractivity contribution < 1.29 is 19.1 Å². The van der Waals surface area contributed by atoms with E-state index in [1.807, 2.05) is 52.0 Å². The zero-order chi connectivity index (χ0) is 21.1. The predicted octanol–water partition coefficient (Wildman–Crippen LogP) is 4.33. The molecule has 6 nitrogen and oxygen atoms in total. The molecule has 0 unspecified atom stereocenters. The number of hydrogen-bond acceptors (Lipinski definition) is 6. The molecule has 0 fully saturated rings. The van der Waals surface area contributed by atoms with Crippen molar-refractivity contribution in [2.45, 2.75) is 47.8 Å². The third kappa shape index (κ3) is 15.0. The first-order valence-corrected chi connectivity index (χ1v) is 8.88. The minimum Gasteiger partial charge on any atom is -0.463 e. The fraction of sp³-hybridized carbons (Fsp3) is 0.333. The Morgan fingerprint density at radius 3 is 1.52 bits per heavy atom. The number of benzene rings is 2. The highest BCUT2D eigenvalue weighted by Crippen LogP contribution is 2.06. The van der Waals surface area contributed by atoms with Gasteiger partial charge < -0.3 is 20.9 Å². The third-order valence-corrected chi connectivity index (χ3v) is 2.72. The zero-order valence-electron chi connectivity index (χ0n) is 16.9. The van der Waals surface area contributed by atoms with E-state index in [0.717, 1.165) is 11.1 Å². The van der Waals surface area contributed by atoms with Crippen molar-refractivity contribution in [3.8, 4) is 0 Å². The Bertz CT molecular complexity index is 611. The van der Waals surface area contributed by atoms with Crippen LogP contribution in [0.1, 0.15) is 45.7 Å². The molecule has 0 aliphatic carbocycles. The third-order valence-electron chi connectivity index (χ3n) is 2.72. The van der Waals surface area contributed by atoms with Gasteiger partial charge in [0, 0.05) is 18.3 Å². The monoisotopic (exact) mass is 376 g/mol. The molecule has 0 saturated heterocycles. The molecule has 6 heteroatoms. The van der Waals surface area contributed by atoms with Gasteiger partial charge in [0.1, 0.15) is 13.2 Å². The van der Waals surface area contributed by atoms with E-state index < -0.39 is 0 Å². The van der Waals surface area contributed by atoms with Gasteiger partial charge in [0.15, 0.2) is 0 Å². The highest BCUT2D eigenvalue weighted by Gasteiger charge is 1.95. The molecule has 150 valence electrons. The highest BCUT2D eigenvalue weighted by molar-refractivity contribution is 5.65. The molecule has 2 rings (SSSR count). The first-order chi connectivity index (χ1) is 13.0. The molecule has 0 amide bonds. The van der Waals surface area contributed by atoms with Crippen LogP contribution < -0.4 is 11.5 Å². The van der Waals surface area contributed by atoms with E-state index in [4.69, 9.17) is 16.2 Å². The van der Waals surface area contributed by atoms with Crippen LogP contribution in [0.4, 0.5) is 11.4 Å². The summed E-state index contributed by atoms with van der Waals surface area (Å²) in [5.41, 5.74) is 14.2. The van der Waals surface area contributed by atoms with Crippen LogP contribution in [-0.4, -0.2) is 12.4 Å². The van der Waals surface area contributed by atoms with E-state index in [9.17, 15) is 9.59 Å². The lowest BCUT2D eigenvalue weighted by atomic mass is 10.2. The van der Waals surface area contributed by atoms with Crippen LogP contribution >= 0.6 is 0 Å². The number of ether oxygens (including phenoxy) is 2. The van der Waals surface area contributed by atoms with Crippen LogP contribution in [-0.2, 0) is 32.3 Å². The van der Waals surface area contributed by atoms with Crippen LogP contribution in [0.5, 0.6) is 0 Å². The Morgan fingerprint density at radius 1 is 0.815 bits per heavy atom. The summed E-state index contributed by atoms with van der Waals surface area (Å²) >= 11 is 0. The first kappa shape index (κ1) is 26.2. The van der Waals surface area contributed by atoms with E-state index in [2.05, 4.69) is 4.74 Å². The lowest BCUT2D eigenvalue weighted by Gasteiger charge is -2.01. The zero-order valence-corrected chi connectivity index (χ0v) is 16.9.